The molecule has 1 fully saturated rings. The van der Waals surface area contributed by atoms with Gasteiger partial charge in [-0.3, -0.25) is 9.59 Å². The molecule has 0 unspecified atom stereocenters. The molecule has 2 amide bonds. The van der Waals surface area contributed by atoms with E-state index in [0.29, 0.717) is 55.7 Å². The highest BCUT2D eigenvalue weighted by atomic mass is 19.4. The molecule has 1 N–H and O–H groups in total. The van der Waals surface area contributed by atoms with Crippen LogP contribution in [0.5, 0.6) is 5.75 Å². The topological polar surface area (TPSA) is 90.9 Å². The number of nitrogens with one attached hydrogen (secondary N) is 1. The van der Waals surface area contributed by atoms with Gasteiger partial charge in [-0.25, -0.2) is 4.98 Å². The number of hydrogen-bond acceptors (Lipinski definition) is 7. The Kier molecular flexibility index (Phi) is 6.96. The van der Waals surface area contributed by atoms with Crippen LogP contribution in [0.3, 0.4) is 0 Å². The number of rotatable bonds is 6. The maximum Gasteiger partial charge on any atom is 0.573 e. The Morgan fingerprint density at radius 2 is 1.69 bits per heavy atom. The van der Waals surface area contributed by atoms with Gasteiger partial charge in [-0.05, 0) is 38.5 Å². The molecule has 1 aromatic carbocycles. The number of hydrogen-bond donors (Lipinski definition) is 1. The molecule has 12 heteroatoms. The molecule has 194 valence electrons. The van der Waals surface area contributed by atoms with E-state index < -0.39 is 6.36 Å². The van der Waals surface area contributed by atoms with E-state index in [-0.39, 0.29) is 29.6 Å². The SMILES string of the molecule is CC(=O)N1CCN(c2nc(N[C@@H](C)c3ccc(OC(F)(F)F)cc3)c3c(n2)C(=O)N(C(C)C)C3)CC1. The minimum Gasteiger partial charge on any atom is -0.406 e. The first kappa shape index (κ1) is 25.5. The molecule has 2 aliphatic rings. The average Bonchev–Trinajstić information content (AvgIpc) is 3.15. The number of amides is 2. The maximum atomic E-state index is 13.1. The number of aromatic nitrogens is 2. The molecular formula is C24H29F3N6O3. The summed E-state index contributed by atoms with van der Waals surface area (Å²) in [6.45, 7) is 9.76. The van der Waals surface area contributed by atoms with E-state index in [2.05, 4.69) is 15.0 Å². The largest absolute Gasteiger partial charge is 0.573 e. The van der Waals surface area contributed by atoms with Crippen LogP contribution in [0.25, 0.3) is 0 Å². The van der Waals surface area contributed by atoms with Crippen LogP contribution in [-0.2, 0) is 11.3 Å². The van der Waals surface area contributed by atoms with Gasteiger partial charge in [-0.2, -0.15) is 4.98 Å². The minimum atomic E-state index is -4.76. The van der Waals surface area contributed by atoms with Crippen molar-refractivity contribution in [1.29, 1.82) is 0 Å². The van der Waals surface area contributed by atoms with E-state index in [0.717, 1.165) is 5.56 Å². The van der Waals surface area contributed by atoms with Gasteiger partial charge in [0.05, 0.1) is 6.54 Å². The van der Waals surface area contributed by atoms with Crippen LogP contribution in [0.15, 0.2) is 24.3 Å². The van der Waals surface area contributed by atoms with Crippen molar-refractivity contribution in [2.24, 2.45) is 0 Å². The number of benzene rings is 1. The van der Waals surface area contributed by atoms with Gasteiger partial charge in [0.15, 0.2) is 0 Å². The average molecular weight is 507 g/mol. The Bertz CT molecular complexity index is 1130. The highest BCUT2D eigenvalue weighted by Gasteiger charge is 2.36. The van der Waals surface area contributed by atoms with Crippen molar-refractivity contribution in [3.05, 3.63) is 41.1 Å². The van der Waals surface area contributed by atoms with Gasteiger partial charge in [0, 0.05) is 50.7 Å². The summed E-state index contributed by atoms with van der Waals surface area (Å²) in [6, 6.07) is 5.27. The Morgan fingerprint density at radius 3 is 2.25 bits per heavy atom. The van der Waals surface area contributed by atoms with Crippen LogP contribution in [0.1, 0.15) is 55.4 Å². The molecular weight excluding hydrogens is 477 g/mol. The summed E-state index contributed by atoms with van der Waals surface area (Å²) in [6.07, 6.45) is -4.76. The normalized spacial score (nSPS) is 16.9. The summed E-state index contributed by atoms with van der Waals surface area (Å²) >= 11 is 0. The summed E-state index contributed by atoms with van der Waals surface area (Å²) in [7, 11) is 0. The van der Waals surface area contributed by atoms with Crippen LogP contribution in [0.4, 0.5) is 24.9 Å². The number of fused-ring (bicyclic) bond motifs is 1. The molecule has 4 rings (SSSR count). The second-order valence-corrected chi connectivity index (χ2v) is 9.20. The number of halogens is 3. The molecule has 1 atom stereocenters. The number of anilines is 2. The first-order chi connectivity index (χ1) is 16.9. The molecule has 0 saturated carbocycles. The fourth-order valence-corrected chi connectivity index (χ4v) is 4.32. The fourth-order valence-electron chi connectivity index (χ4n) is 4.32. The summed E-state index contributed by atoms with van der Waals surface area (Å²) < 4.78 is 41.4. The predicted octanol–water partition coefficient (Wildman–Crippen LogP) is 3.58. The van der Waals surface area contributed by atoms with E-state index in [1.165, 1.54) is 19.1 Å². The molecule has 9 nitrogen and oxygen atoms in total. The lowest BCUT2D eigenvalue weighted by Gasteiger charge is -2.34. The molecule has 0 spiro atoms. The molecule has 2 aromatic rings. The van der Waals surface area contributed by atoms with Crippen molar-refractivity contribution < 1.29 is 27.5 Å². The van der Waals surface area contributed by atoms with Gasteiger partial charge in [0.25, 0.3) is 5.91 Å². The Morgan fingerprint density at radius 1 is 1.06 bits per heavy atom. The number of piperazine rings is 1. The third-order valence-electron chi connectivity index (χ3n) is 6.39. The van der Waals surface area contributed by atoms with Gasteiger partial charge in [-0.15, -0.1) is 13.2 Å². The summed E-state index contributed by atoms with van der Waals surface area (Å²) in [4.78, 5) is 39.6. The van der Waals surface area contributed by atoms with Gasteiger partial charge in [-0.1, -0.05) is 12.1 Å². The van der Waals surface area contributed by atoms with E-state index in [1.54, 1.807) is 21.9 Å². The molecule has 3 heterocycles. The third kappa shape index (κ3) is 5.47. The van der Waals surface area contributed by atoms with Gasteiger partial charge >= 0.3 is 6.36 Å². The zero-order valence-electron chi connectivity index (χ0n) is 20.6. The quantitative estimate of drug-likeness (QED) is 0.641. The van der Waals surface area contributed by atoms with Crippen LogP contribution in [0.2, 0.25) is 0 Å². The highest BCUT2D eigenvalue weighted by Crippen LogP contribution is 2.33. The first-order valence-electron chi connectivity index (χ1n) is 11.8. The number of alkyl halides is 3. The Balaban J connectivity index is 1.60. The Labute approximate surface area is 207 Å². The minimum absolute atomic E-state index is 0.00936. The van der Waals surface area contributed by atoms with Crippen molar-refractivity contribution in [1.82, 2.24) is 19.8 Å². The highest BCUT2D eigenvalue weighted by molar-refractivity contribution is 5.98. The number of carbonyl (C=O) groups excluding carboxylic acids is 2. The van der Waals surface area contributed by atoms with Crippen molar-refractivity contribution in [2.75, 3.05) is 36.4 Å². The van der Waals surface area contributed by atoms with Gasteiger partial charge in [0.2, 0.25) is 11.9 Å². The van der Waals surface area contributed by atoms with Crippen LogP contribution in [-0.4, -0.2) is 70.2 Å². The smallest absolute Gasteiger partial charge is 0.406 e. The number of nitrogens with zero attached hydrogens (tertiary/aromatic N) is 5. The second-order valence-electron chi connectivity index (χ2n) is 9.20. The molecule has 36 heavy (non-hydrogen) atoms. The summed E-state index contributed by atoms with van der Waals surface area (Å²) in [5.41, 5.74) is 1.74. The summed E-state index contributed by atoms with van der Waals surface area (Å²) in [5.74, 6) is 0.445. The third-order valence-corrected chi connectivity index (χ3v) is 6.39. The molecule has 2 aliphatic heterocycles. The zero-order valence-corrected chi connectivity index (χ0v) is 20.6. The van der Waals surface area contributed by atoms with Crippen LogP contribution >= 0.6 is 0 Å². The lowest BCUT2D eigenvalue weighted by atomic mass is 10.1. The van der Waals surface area contributed by atoms with Crippen LogP contribution in [0, 0.1) is 0 Å². The van der Waals surface area contributed by atoms with Gasteiger partial charge < -0.3 is 24.8 Å². The van der Waals surface area contributed by atoms with E-state index in [9.17, 15) is 22.8 Å². The number of ether oxygens (including phenoxy) is 1. The van der Waals surface area contributed by atoms with Crippen LogP contribution < -0.4 is 15.0 Å². The fraction of sp³-hybridized carbons (Fsp3) is 0.500. The maximum absolute atomic E-state index is 13.1. The molecule has 0 radical (unpaired) electrons. The van der Waals surface area contributed by atoms with Crippen molar-refractivity contribution in [3.63, 3.8) is 0 Å². The zero-order chi connectivity index (χ0) is 26.2. The van der Waals surface area contributed by atoms with E-state index in [4.69, 9.17) is 4.98 Å². The van der Waals surface area contributed by atoms with Crippen molar-refractivity contribution >= 4 is 23.6 Å². The second kappa shape index (κ2) is 9.82. The Hall–Kier alpha value is -3.57. The van der Waals surface area contributed by atoms with Gasteiger partial charge in [0.1, 0.15) is 17.3 Å². The first-order valence-corrected chi connectivity index (χ1v) is 11.8. The summed E-state index contributed by atoms with van der Waals surface area (Å²) in [5, 5.41) is 3.33. The molecule has 1 saturated heterocycles. The van der Waals surface area contributed by atoms with Crippen molar-refractivity contribution in [3.8, 4) is 5.75 Å². The molecule has 0 bridgehead atoms. The van der Waals surface area contributed by atoms with Crippen molar-refractivity contribution in [2.45, 2.75) is 52.7 Å². The number of carbonyl (C=O) groups is 2. The lowest BCUT2D eigenvalue weighted by Crippen LogP contribution is -2.48. The monoisotopic (exact) mass is 506 g/mol. The van der Waals surface area contributed by atoms with E-state index >= 15 is 0 Å². The van der Waals surface area contributed by atoms with E-state index in [1.807, 2.05) is 25.7 Å². The predicted molar refractivity (Wildman–Crippen MR) is 127 cm³/mol. The lowest BCUT2D eigenvalue weighted by molar-refractivity contribution is -0.274. The molecule has 1 aromatic heterocycles. The molecule has 0 aliphatic carbocycles. The standard InChI is InChI=1S/C24H29F3N6O3/c1-14(2)33-13-19-20(22(33)35)29-23(32-11-9-31(10-12-32)16(4)34)30-21(19)28-15(3)17-5-7-18(8-6-17)36-24(25,26)27/h5-8,14-15H,9-13H2,1-4H3,(H,28,29,30)/t15-/m0/s1.